The van der Waals surface area contributed by atoms with Crippen LogP contribution in [-0.2, 0) is 9.53 Å². The molecule has 6 nitrogen and oxygen atoms in total. The molecule has 2 N–H and O–H groups in total. The monoisotopic (exact) mass is 342 g/mol. The Morgan fingerprint density at radius 1 is 1.08 bits per heavy atom. The number of hydrogen-bond acceptors (Lipinski definition) is 5. The van der Waals surface area contributed by atoms with Gasteiger partial charge in [-0.05, 0) is 37.3 Å². The number of ether oxygens (including phenoxy) is 2. The second kappa shape index (κ2) is 9.32. The normalized spacial score (nSPS) is 10.0. The van der Waals surface area contributed by atoms with Crippen molar-refractivity contribution < 1.29 is 19.1 Å². The number of benzene rings is 2. The van der Waals surface area contributed by atoms with Crippen LogP contribution in [0, 0.1) is 0 Å². The summed E-state index contributed by atoms with van der Waals surface area (Å²) in [5, 5.41) is 5.96. The van der Waals surface area contributed by atoms with Crippen molar-refractivity contribution in [2.75, 3.05) is 30.9 Å². The average molecular weight is 342 g/mol. The number of esters is 1. The third-order valence-corrected chi connectivity index (χ3v) is 3.43. The molecule has 0 unspecified atom stereocenters. The number of nitrogens with one attached hydrogen (secondary N) is 2. The summed E-state index contributed by atoms with van der Waals surface area (Å²) in [4.78, 5) is 23.6. The zero-order chi connectivity index (χ0) is 18.1. The lowest BCUT2D eigenvalue weighted by atomic mass is 10.2. The van der Waals surface area contributed by atoms with Crippen LogP contribution in [0.4, 0.5) is 11.4 Å². The first-order chi connectivity index (χ1) is 12.1. The molecule has 2 aromatic rings. The first-order valence-electron chi connectivity index (χ1n) is 8.08. The minimum atomic E-state index is -0.395. The van der Waals surface area contributed by atoms with Crippen LogP contribution in [0.25, 0.3) is 0 Å². The molecule has 0 radical (unpaired) electrons. The summed E-state index contributed by atoms with van der Waals surface area (Å²) in [6.07, 6.45) is 0.281. The van der Waals surface area contributed by atoms with Gasteiger partial charge < -0.3 is 20.1 Å². The highest BCUT2D eigenvalue weighted by atomic mass is 16.5. The number of methoxy groups -OCH3 is 1. The smallest absolute Gasteiger partial charge is 0.337 e. The molecule has 0 saturated carbocycles. The van der Waals surface area contributed by atoms with Crippen LogP contribution < -0.4 is 15.4 Å². The largest absolute Gasteiger partial charge is 0.492 e. The van der Waals surface area contributed by atoms with Gasteiger partial charge in [0.15, 0.2) is 0 Å². The molecule has 1 amide bonds. The van der Waals surface area contributed by atoms with E-state index in [9.17, 15) is 9.59 Å². The minimum absolute atomic E-state index is 0.122. The lowest BCUT2D eigenvalue weighted by molar-refractivity contribution is -0.116. The highest BCUT2D eigenvalue weighted by Gasteiger charge is 2.08. The fourth-order valence-electron chi connectivity index (χ4n) is 2.26. The maximum Gasteiger partial charge on any atom is 0.337 e. The predicted molar refractivity (Wildman–Crippen MR) is 97.1 cm³/mol. The molecule has 25 heavy (non-hydrogen) atoms. The molecule has 6 heteroatoms. The van der Waals surface area contributed by atoms with Gasteiger partial charge in [-0.25, -0.2) is 4.79 Å². The van der Waals surface area contributed by atoms with Gasteiger partial charge in [0, 0.05) is 18.7 Å². The highest BCUT2D eigenvalue weighted by molar-refractivity contribution is 5.92. The van der Waals surface area contributed by atoms with Gasteiger partial charge in [-0.1, -0.05) is 18.2 Å². The standard InChI is InChI=1S/C19H22N2O4/c1-3-25-17-10-5-4-9-16(17)21-18(22)11-12-20-15-8-6-7-14(13-15)19(23)24-2/h4-10,13,20H,3,11-12H2,1-2H3,(H,21,22). The number of anilines is 2. The van der Waals surface area contributed by atoms with Crippen molar-refractivity contribution in [3.8, 4) is 5.75 Å². The fraction of sp³-hybridized carbons (Fsp3) is 0.263. The van der Waals surface area contributed by atoms with Crippen LogP contribution in [-0.4, -0.2) is 32.1 Å². The summed E-state index contributed by atoms with van der Waals surface area (Å²) >= 11 is 0. The lowest BCUT2D eigenvalue weighted by Crippen LogP contribution is -2.17. The van der Waals surface area contributed by atoms with Crippen molar-refractivity contribution in [2.45, 2.75) is 13.3 Å². The zero-order valence-corrected chi connectivity index (χ0v) is 14.4. The second-order valence-corrected chi connectivity index (χ2v) is 5.23. The quantitative estimate of drug-likeness (QED) is 0.720. The number of rotatable bonds is 8. The van der Waals surface area contributed by atoms with Crippen molar-refractivity contribution in [1.82, 2.24) is 0 Å². The number of amides is 1. The molecule has 0 aliphatic carbocycles. The zero-order valence-electron chi connectivity index (χ0n) is 14.4. The van der Waals surface area contributed by atoms with E-state index in [0.29, 0.717) is 30.2 Å². The minimum Gasteiger partial charge on any atom is -0.492 e. The van der Waals surface area contributed by atoms with Crippen molar-refractivity contribution in [3.63, 3.8) is 0 Å². The SMILES string of the molecule is CCOc1ccccc1NC(=O)CCNc1cccc(C(=O)OC)c1. The van der Waals surface area contributed by atoms with Crippen molar-refractivity contribution in [3.05, 3.63) is 54.1 Å². The van der Waals surface area contributed by atoms with Gasteiger partial charge in [0.05, 0.1) is 25.0 Å². The molecule has 0 heterocycles. The lowest BCUT2D eigenvalue weighted by Gasteiger charge is -2.12. The average Bonchev–Trinajstić information content (AvgIpc) is 2.63. The molecule has 0 spiro atoms. The van der Waals surface area contributed by atoms with E-state index in [1.165, 1.54) is 7.11 Å². The highest BCUT2D eigenvalue weighted by Crippen LogP contribution is 2.23. The Bertz CT molecular complexity index is 731. The van der Waals surface area contributed by atoms with E-state index in [2.05, 4.69) is 15.4 Å². The Balaban J connectivity index is 1.86. The van der Waals surface area contributed by atoms with Crippen LogP contribution >= 0.6 is 0 Å². The van der Waals surface area contributed by atoms with E-state index >= 15 is 0 Å². The van der Waals surface area contributed by atoms with Crippen LogP contribution in [0.2, 0.25) is 0 Å². The van der Waals surface area contributed by atoms with Crippen LogP contribution in [0.5, 0.6) is 5.75 Å². The molecule has 0 aliphatic rings. The van der Waals surface area contributed by atoms with Gasteiger partial charge in [-0.3, -0.25) is 4.79 Å². The molecule has 0 fully saturated rings. The summed E-state index contributed by atoms with van der Waals surface area (Å²) in [5.41, 5.74) is 1.87. The van der Waals surface area contributed by atoms with Gasteiger partial charge >= 0.3 is 5.97 Å². The molecular formula is C19H22N2O4. The molecule has 0 bridgehead atoms. The number of carbonyl (C=O) groups excluding carboxylic acids is 2. The van der Waals surface area contributed by atoms with E-state index in [1.54, 1.807) is 24.3 Å². The van der Waals surface area contributed by atoms with E-state index in [1.807, 2.05) is 31.2 Å². The van der Waals surface area contributed by atoms with Gasteiger partial charge in [-0.15, -0.1) is 0 Å². The van der Waals surface area contributed by atoms with Gasteiger partial charge in [-0.2, -0.15) is 0 Å². The van der Waals surface area contributed by atoms with E-state index in [4.69, 9.17) is 4.74 Å². The Morgan fingerprint density at radius 3 is 2.64 bits per heavy atom. The first-order valence-corrected chi connectivity index (χ1v) is 8.08. The summed E-state index contributed by atoms with van der Waals surface area (Å²) in [6, 6.07) is 14.3. The topological polar surface area (TPSA) is 76.7 Å². The molecule has 0 saturated heterocycles. The van der Waals surface area contributed by atoms with Crippen molar-refractivity contribution in [2.24, 2.45) is 0 Å². The maximum absolute atomic E-state index is 12.1. The fourth-order valence-corrected chi connectivity index (χ4v) is 2.26. The molecule has 0 atom stereocenters. The third kappa shape index (κ3) is 5.53. The second-order valence-electron chi connectivity index (χ2n) is 5.23. The Labute approximate surface area is 147 Å². The third-order valence-electron chi connectivity index (χ3n) is 3.43. The Kier molecular flexibility index (Phi) is 6.83. The summed E-state index contributed by atoms with van der Waals surface area (Å²) < 4.78 is 10.2. The summed E-state index contributed by atoms with van der Waals surface area (Å²) in [5.74, 6) is 0.134. The van der Waals surface area contributed by atoms with Crippen LogP contribution in [0.1, 0.15) is 23.7 Å². The van der Waals surface area contributed by atoms with Crippen molar-refractivity contribution >= 4 is 23.3 Å². The summed E-state index contributed by atoms with van der Waals surface area (Å²) in [7, 11) is 1.34. The van der Waals surface area contributed by atoms with Gasteiger partial charge in [0.25, 0.3) is 0 Å². The molecular weight excluding hydrogens is 320 g/mol. The predicted octanol–water partition coefficient (Wildman–Crippen LogP) is 3.31. The van der Waals surface area contributed by atoms with Crippen LogP contribution in [0.15, 0.2) is 48.5 Å². The maximum atomic E-state index is 12.1. The number of para-hydroxylation sites is 2. The molecule has 0 aliphatic heterocycles. The molecule has 0 aromatic heterocycles. The summed E-state index contributed by atoms with van der Waals surface area (Å²) in [6.45, 7) is 2.86. The van der Waals surface area contributed by atoms with E-state index in [-0.39, 0.29) is 12.3 Å². The number of hydrogen-bond donors (Lipinski definition) is 2. The molecule has 2 rings (SSSR count). The molecule has 2 aromatic carbocycles. The van der Waals surface area contributed by atoms with Crippen LogP contribution in [0.3, 0.4) is 0 Å². The van der Waals surface area contributed by atoms with Crippen molar-refractivity contribution in [1.29, 1.82) is 0 Å². The van der Waals surface area contributed by atoms with E-state index < -0.39 is 5.97 Å². The van der Waals surface area contributed by atoms with Gasteiger partial charge in [0.2, 0.25) is 5.91 Å². The number of carbonyl (C=O) groups is 2. The Hall–Kier alpha value is -3.02. The molecule has 132 valence electrons. The Morgan fingerprint density at radius 2 is 1.88 bits per heavy atom. The first kappa shape index (κ1) is 18.3. The van der Waals surface area contributed by atoms with Gasteiger partial charge in [0.1, 0.15) is 5.75 Å². The van der Waals surface area contributed by atoms with E-state index in [0.717, 1.165) is 5.69 Å².